The van der Waals surface area contributed by atoms with Crippen molar-refractivity contribution in [3.05, 3.63) is 29.8 Å². The topological polar surface area (TPSA) is 58.4 Å². The zero-order valence-electron chi connectivity index (χ0n) is 10.1. The number of nitrogens with one attached hydrogen (secondary N) is 1. The van der Waals surface area contributed by atoms with E-state index in [0.717, 1.165) is 30.6 Å². The Hall–Kier alpha value is -1.55. The largest absolute Gasteiger partial charge is 0.326 e. The number of benzene rings is 1. The van der Waals surface area contributed by atoms with E-state index in [1.54, 1.807) is 0 Å². The molecule has 17 heavy (non-hydrogen) atoms. The molecule has 3 N–H and O–H groups in total. The van der Waals surface area contributed by atoms with Crippen LogP contribution in [0.15, 0.2) is 24.3 Å². The normalized spacial score (nSPS) is 14.5. The summed E-state index contributed by atoms with van der Waals surface area (Å²) in [5.74, 6) is 0. The molecule has 0 saturated heterocycles. The number of carbonyl (C=O) groups is 1. The summed E-state index contributed by atoms with van der Waals surface area (Å²) in [6, 6.07) is 8.09. The SMILES string of the molecule is CCN(C(=O)Nc1cccc(CN)c1)C1CC1. The Morgan fingerprint density at radius 2 is 2.29 bits per heavy atom. The molecule has 1 aliphatic carbocycles. The molecule has 0 bridgehead atoms. The van der Waals surface area contributed by atoms with E-state index in [9.17, 15) is 4.79 Å². The smallest absolute Gasteiger partial charge is 0.322 e. The Morgan fingerprint density at radius 3 is 2.88 bits per heavy atom. The maximum absolute atomic E-state index is 12.0. The monoisotopic (exact) mass is 233 g/mol. The molecule has 4 heteroatoms. The molecule has 0 radical (unpaired) electrons. The molecule has 2 rings (SSSR count). The standard InChI is InChI=1S/C13H19N3O/c1-2-16(12-6-7-12)13(17)15-11-5-3-4-10(8-11)9-14/h3-5,8,12H,2,6-7,9,14H2,1H3,(H,15,17). The molecule has 1 fully saturated rings. The number of anilines is 1. The molecular formula is C13H19N3O. The molecule has 4 nitrogen and oxygen atoms in total. The van der Waals surface area contributed by atoms with Gasteiger partial charge >= 0.3 is 6.03 Å². The number of nitrogens with two attached hydrogens (primary N) is 1. The third-order valence-corrected chi connectivity index (χ3v) is 3.00. The maximum Gasteiger partial charge on any atom is 0.322 e. The molecule has 1 aromatic carbocycles. The number of carbonyl (C=O) groups excluding carboxylic acids is 1. The van der Waals surface area contributed by atoms with E-state index >= 15 is 0 Å². The first-order valence-corrected chi connectivity index (χ1v) is 6.11. The Balaban J connectivity index is 2.01. The van der Waals surface area contributed by atoms with Crippen molar-refractivity contribution in [3.63, 3.8) is 0 Å². The van der Waals surface area contributed by atoms with Crippen molar-refractivity contribution in [1.29, 1.82) is 0 Å². The third kappa shape index (κ3) is 2.97. The van der Waals surface area contributed by atoms with Gasteiger partial charge < -0.3 is 16.0 Å². The summed E-state index contributed by atoms with van der Waals surface area (Å²) < 4.78 is 0. The van der Waals surface area contributed by atoms with Gasteiger partial charge in [-0.25, -0.2) is 4.79 Å². The summed E-state index contributed by atoms with van der Waals surface area (Å²) in [5, 5.41) is 2.92. The van der Waals surface area contributed by atoms with Crippen molar-refractivity contribution in [2.45, 2.75) is 32.4 Å². The van der Waals surface area contributed by atoms with Gasteiger partial charge in [0.2, 0.25) is 0 Å². The number of urea groups is 1. The van der Waals surface area contributed by atoms with Crippen LogP contribution in [0.4, 0.5) is 10.5 Å². The Bertz CT molecular complexity index is 401. The fraction of sp³-hybridized carbons (Fsp3) is 0.462. The zero-order chi connectivity index (χ0) is 12.3. The highest BCUT2D eigenvalue weighted by Crippen LogP contribution is 2.27. The number of hydrogen-bond donors (Lipinski definition) is 2. The van der Waals surface area contributed by atoms with Crippen LogP contribution in [0.2, 0.25) is 0 Å². The lowest BCUT2D eigenvalue weighted by molar-refractivity contribution is 0.212. The molecular weight excluding hydrogens is 214 g/mol. The molecule has 92 valence electrons. The summed E-state index contributed by atoms with van der Waals surface area (Å²) in [6.45, 7) is 3.26. The van der Waals surface area contributed by atoms with Crippen LogP contribution in [0.3, 0.4) is 0 Å². The summed E-state index contributed by atoms with van der Waals surface area (Å²) in [5.41, 5.74) is 7.41. The predicted octanol–water partition coefficient (Wildman–Crippen LogP) is 2.16. The van der Waals surface area contributed by atoms with E-state index in [-0.39, 0.29) is 6.03 Å². The van der Waals surface area contributed by atoms with Crippen molar-refractivity contribution in [2.24, 2.45) is 5.73 Å². The molecule has 0 aliphatic heterocycles. The lowest BCUT2D eigenvalue weighted by Gasteiger charge is -2.21. The molecule has 1 aromatic rings. The first-order chi connectivity index (χ1) is 8.24. The van der Waals surface area contributed by atoms with E-state index in [1.165, 1.54) is 0 Å². The highest BCUT2D eigenvalue weighted by Gasteiger charge is 2.31. The Kier molecular flexibility index (Phi) is 3.64. The van der Waals surface area contributed by atoms with Gasteiger partial charge in [-0.1, -0.05) is 12.1 Å². The Morgan fingerprint density at radius 1 is 1.53 bits per heavy atom. The van der Waals surface area contributed by atoms with Gasteiger partial charge in [0.1, 0.15) is 0 Å². The minimum absolute atomic E-state index is 0.0100. The van der Waals surface area contributed by atoms with E-state index in [0.29, 0.717) is 12.6 Å². The summed E-state index contributed by atoms with van der Waals surface area (Å²) >= 11 is 0. The van der Waals surface area contributed by atoms with Crippen molar-refractivity contribution >= 4 is 11.7 Å². The second-order valence-corrected chi connectivity index (χ2v) is 4.35. The maximum atomic E-state index is 12.0. The van der Waals surface area contributed by atoms with Gasteiger partial charge in [0.25, 0.3) is 0 Å². The molecule has 0 unspecified atom stereocenters. The number of rotatable bonds is 4. The summed E-state index contributed by atoms with van der Waals surface area (Å²) in [4.78, 5) is 13.9. The van der Waals surface area contributed by atoms with Gasteiger partial charge in [-0.15, -0.1) is 0 Å². The van der Waals surface area contributed by atoms with Crippen molar-refractivity contribution in [3.8, 4) is 0 Å². The fourth-order valence-corrected chi connectivity index (χ4v) is 1.93. The quantitative estimate of drug-likeness (QED) is 0.837. The van der Waals surface area contributed by atoms with Gasteiger partial charge in [-0.2, -0.15) is 0 Å². The highest BCUT2D eigenvalue weighted by molar-refractivity contribution is 5.89. The second kappa shape index (κ2) is 5.19. The predicted molar refractivity (Wildman–Crippen MR) is 68.8 cm³/mol. The third-order valence-electron chi connectivity index (χ3n) is 3.00. The van der Waals surface area contributed by atoms with Crippen molar-refractivity contribution in [1.82, 2.24) is 4.90 Å². The zero-order valence-corrected chi connectivity index (χ0v) is 10.1. The molecule has 1 aliphatic rings. The van der Waals surface area contributed by atoms with E-state index in [1.807, 2.05) is 36.1 Å². The van der Waals surface area contributed by atoms with Gasteiger partial charge in [0.15, 0.2) is 0 Å². The van der Waals surface area contributed by atoms with Crippen LogP contribution in [0.25, 0.3) is 0 Å². The highest BCUT2D eigenvalue weighted by atomic mass is 16.2. The Labute approximate surface area is 102 Å². The molecule has 0 heterocycles. The van der Waals surface area contributed by atoms with Gasteiger partial charge in [-0.3, -0.25) is 0 Å². The van der Waals surface area contributed by atoms with Gasteiger partial charge in [-0.05, 0) is 37.5 Å². The van der Waals surface area contributed by atoms with Gasteiger partial charge in [0, 0.05) is 24.8 Å². The van der Waals surface area contributed by atoms with Crippen molar-refractivity contribution in [2.75, 3.05) is 11.9 Å². The summed E-state index contributed by atoms with van der Waals surface area (Å²) in [6.07, 6.45) is 2.26. The lowest BCUT2D eigenvalue weighted by Crippen LogP contribution is -2.36. The van der Waals surface area contributed by atoms with Crippen LogP contribution in [0.5, 0.6) is 0 Å². The average Bonchev–Trinajstić information content (AvgIpc) is 3.15. The molecule has 2 amide bonds. The fourth-order valence-electron chi connectivity index (χ4n) is 1.93. The van der Waals surface area contributed by atoms with E-state index in [2.05, 4.69) is 5.32 Å². The van der Waals surface area contributed by atoms with Crippen LogP contribution >= 0.6 is 0 Å². The number of nitrogens with zero attached hydrogens (tertiary/aromatic N) is 1. The van der Waals surface area contributed by atoms with Crippen LogP contribution in [0, 0.1) is 0 Å². The summed E-state index contributed by atoms with van der Waals surface area (Å²) in [7, 11) is 0. The van der Waals surface area contributed by atoms with Gasteiger partial charge in [0.05, 0.1) is 0 Å². The van der Waals surface area contributed by atoms with Crippen LogP contribution in [-0.2, 0) is 6.54 Å². The second-order valence-electron chi connectivity index (χ2n) is 4.35. The van der Waals surface area contributed by atoms with Crippen LogP contribution in [0.1, 0.15) is 25.3 Å². The minimum atomic E-state index is -0.0100. The molecule has 1 saturated carbocycles. The van der Waals surface area contributed by atoms with E-state index < -0.39 is 0 Å². The average molecular weight is 233 g/mol. The van der Waals surface area contributed by atoms with Crippen LogP contribution in [-0.4, -0.2) is 23.5 Å². The van der Waals surface area contributed by atoms with E-state index in [4.69, 9.17) is 5.73 Å². The minimum Gasteiger partial charge on any atom is -0.326 e. The number of hydrogen-bond acceptors (Lipinski definition) is 2. The van der Waals surface area contributed by atoms with Crippen molar-refractivity contribution < 1.29 is 4.79 Å². The molecule has 0 atom stereocenters. The first kappa shape index (κ1) is 11.9. The molecule has 0 aromatic heterocycles. The first-order valence-electron chi connectivity index (χ1n) is 6.11. The van der Waals surface area contributed by atoms with Crippen LogP contribution < -0.4 is 11.1 Å². The molecule has 0 spiro atoms. The lowest BCUT2D eigenvalue weighted by atomic mass is 10.2. The number of amides is 2.